The van der Waals surface area contributed by atoms with Gasteiger partial charge in [-0.3, -0.25) is 14.4 Å². The van der Waals surface area contributed by atoms with Gasteiger partial charge in [0.25, 0.3) is 11.8 Å². The van der Waals surface area contributed by atoms with Gasteiger partial charge in [-0.25, -0.2) is 0 Å². The summed E-state index contributed by atoms with van der Waals surface area (Å²) in [5, 5.41) is 2.86. The summed E-state index contributed by atoms with van der Waals surface area (Å²) in [6, 6.07) is 24.6. The van der Waals surface area contributed by atoms with Crippen LogP contribution in [0.1, 0.15) is 62.9 Å². The van der Waals surface area contributed by atoms with Gasteiger partial charge in [-0.1, -0.05) is 67.4 Å². The molecule has 0 radical (unpaired) electrons. The van der Waals surface area contributed by atoms with E-state index in [4.69, 9.17) is 0 Å². The molecule has 0 bridgehead atoms. The highest BCUT2D eigenvalue weighted by atomic mass is 32.2. The van der Waals surface area contributed by atoms with E-state index in [1.807, 2.05) is 64.4 Å². The van der Waals surface area contributed by atoms with E-state index in [9.17, 15) is 14.4 Å². The third kappa shape index (κ3) is 5.88. The Morgan fingerprint density at radius 3 is 2.24 bits per heavy atom. The molecular formula is C30H31N3O3S. The second-order valence-electron chi connectivity index (χ2n) is 9.50. The van der Waals surface area contributed by atoms with Gasteiger partial charge in [-0.15, -0.1) is 11.8 Å². The Morgan fingerprint density at radius 1 is 0.838 bits per heavy atom. The molecule has 0 saturated carbocycles. The number of hydrogen-bond donors (Lipinski definition) is 1. The lowest BCUT2D eigenvalue weighted by atomic mass is 10.1. The van der Waals surface area contributed by atoms with Crippen molar-refractivity contribution in [2.45, 2.75) is 37.6 Å². The molecule has 7 heteroatoms. The number of nitrogens with one attached hydrogen (secondary N) is 1. The monoisotopic (exact) mass is 513 g/mol. The number of rotatable bonds is 6. The minimum absolute atomic E-state index is 0.0328. The fourth-order valence-corrected chi connectivity index (χ4v) is 6.09. The summed E-state index contributed by atoms with van der Waals surface area (Å²) in [5.74, 6) is 0.265. The zero-order valence-electron chi connectivity index (χ0n) is 20.8. The lowest BCUT2D eigenvalue weighted by Gasteiger charge is -2.24. The van der Waals surface area contributed by atoms with Gasteiger partial charge in [0.15, 0.2) is 0 Å². The summed E-state index contributed by atoms with van der Waals surface area (Å²) < 4.78 is 0. The fourth-order valence-electron chi connectivity index (χ4n) is 4.90. The van der Waals surface area contributed by atoms with Gasteiger partial charge in [0.2, 0.25) is 5.91 Å². The first-order valence-corrected chi connectivity index (χ1v) is 13.9. The van der Waals surface area contributed by atoms with Crippen molar-refractivity contribution in [2.24, 2.45) is 0 Å². The van der Waals surface area contributed by atoms with Crippen LogP contribution in [-0.2, 0) is 11.3 Å². The number of thioether (sulfide) groups is 1. The summed E-state index contributed by atoms with van der Waals surface area (Å²) in [4.78, 5) is 42.7. The second kappa shape index (κ2) is 11.6. The number of amides is 3. The maximum atomic E-state index is 13.2. The normalized spacial score (nSPS) is 17.9. The fraction of sp³-hybridized carbons (Fsp3) is 0.300. The van der Waals surface area contributed by atoms with Crippen molar-refractivity contribution >= 4 is 35.2 Å². The van der Waals surface area contributed by atoms with Crippen LogP contribution in [0, 0.1) is 0 Å². The average Bonchev–Trinajstić information content (AvgIpc) is 3.11. The van der Waals surface area contributed by atoms with Crippen molar-refractivity contribution in [3.05, 3.63) is 101 Å². The van der Waals surface area contributed by atoms with Crippen LogP contribution in [0.4, 0.5) is 5.69 Å². The van der Waals surface area contributed by atoms with Crippen molar-refractivity contribution in [1.29, 1.82) is 0 Å². The van der Waals surface area contributed by atoms with Crippen LogP contribution in [0.15, 0.2) is 78.9 Å². The van der Waals surface area contributed by atoms with E-state index in [1.54, 1.807) is 36.0 Å². The van der Waals surface area contributed by atoms with Gasteiger partial charge < -0.3 is 15.1 Å². The van der Waals surface area contributed by atoms with Crippen molar-refractivity contribution < 1.29 is 14.4 Å². The second-order valence-corrected chi connectivity index (χ2v) is 10.6. The van der Waals surface area contributed by atoms with Crippen molar-refractivity contribution in [1.82, 2.24) is 9.80 Å². The van der Waals surface area contributed by atoms with E-state index >= 15 is 0 Å². The first kappa shape index (κ1) is 25.1. The summed E-state index contributed by atoms with van der Waals surface area (Å²) >= 11 is 1.60. The topological polar surface area (TPSA) is 69.7 Å². The lowest BCUT2D eigenvalue weighted by Crippen LogP contribution is -2.32. The van der Waals surface area contributed by atoms with Crippen molar-refractivity contribution in [2.75, 3.05) is 24.2 Å². The molecule has 5 rings (SSSR count). The maximum absolute atomic E-state index is 13.2. The molecule has 2 aliphatic heterocycles. The summed E-state index contributed by atoms with van der Waals surface area (Å²) in [7, 11) is 0. The largest absolute Gasteiger partial charge is 0.339 e. The van der Waals surface area contributed by atoms with Gasteiger partial charge in [0, 0.05) is 25.2 Å². The molecule has 2 heterocycles. The van der Waals surface area contributed by atoms with Gasteiger partial charge in [-0.05, 0) is 48.2 Å². The molecule has 1 atom stereocenters. The van der Waals surface area contributed by atoms with Crippen LogP contribution >= 0.6 is 11.8 Å². The molecule has 2 saturated heterocycles. The average molecular weight is 514 g/mol. The molecule has 3 aromatic carbocycles. The van der Waals surface area contributed by atoms with Crippen molar-refractivity contribution in [3.8, 4) is 0 Å². The Morgan fingerprint density at radius 2 is 1.51 bits per heavy atom. The van der Waals surface area contributed by atoms with Gasteiger partial charge in [0.05, 0.1) is 17.0 Å². The Bertz CT molecular complexity index is 1250. The number of nitrogens with zero attached hydrogens (tertiary/aromatic N) is 2. The number of anilines is 1. The number of para-hydroxylation sites is 1. The van der Waals surface area contributed by atoms with Crippen LogP contribution < -0.4 is 5.32 Å². The van der Waals surface area contributed by atoms with Gasteiger partial charge >= 0.3 is 0 Å². The molecule has 0 aromatic heterocycles. The first-order chi connectivity index (χ1) is 18.1. The predicted octanol–water partition coefficient (Wildman–Crippen LogP) is 5.73. The molecule has 0 unspecified atom stereocenters. The zero-order valence-corrected chi connectivity index (χ0v) is 21.6. The zero-order chi connectivity index (χ0) is 25.6. The Kier molecular flexibility index (Phi) is 7.90. The van der Waals surface area contributed by atoms with E-state index in [-0.39, 0.29) is 23.1 Å². The number of carbonyl (C=O) groups excluding carboxylic acids is 3. The van der Waals surface area contributed by atoms with Gasteiger partial charge in [-0.2, -0.15) is 0 Å². The Hall–Kier alpha value is -3.58. The van der Waals surface area contributed by atoms with Crippen molar-refractivity contribution in [3.63, 3.8) is 0 Å². The minimum atomic E-state index is -0.265. The number of hydrogen-bond acceptors (Lipinski definition) is 4. The SMILES string of the molecule is O=C(Nc1ccccc1C(=O)N1CCCCCC1)c1ccc([C@@H]2SCC(=O)N2Cc2ccccc2)cc1. The first-order valence-electron chi connectivity index (χ1n) is 12.8. The van der Waals surface area contributed by atoms with E-state index in [2.05, 4.69) is 5.32 Å². The van der Waals surface area contributed by atoms with Crippen LogP contribution in [-0.4, -0.2) is 46.4 Å². The Labute approximate surface area is 222 Å². The molecule has 0 spiro atoms. The highest BCUT2D eigenvalue weighted by Gasteiger charge is 2.32. The molecule has 190 valence electrons. The van der Waals surface area contributed by atoms with Crippen LogP contribution in [0.5, 0.6) is 0 Å². The predicted molar refractivity (Wildman–Crippen MR) is 147 cm³/mol. The minimum Gasteiger partial charge on any atom is -0.339 e. The molecule has 3 amide bonds. The number of benzene rings is 3. The highest BCUT2D eigenvalue weighted by Crippen LogP contribution is 2.39. The summed E-state index contributed by atoms with van der Waals surface area (Å²) in [6.45, 7) is 2.07. The smallest absolute Gasteiger partial charge is 0.255 e. The third-order valence-electron chi connectivity index (χ3n) is 6.92. The maximum Gasteiger partial charge on any atom is 0.255 e. The Balaban J connectivity index is 1.28. The van der Waals surface area contributed by atoms with E-state index < -0.39 is 0 Å². The third-order valence-corrected chi connectivity index (χ3v) is 8.18. The standard InChI is InChI=1S/C30H31N3O3S/c34-27-21-37-30(33(27)20-22-10-4-3-5-11-22)24-16-14-23(15-17-24)28(35)31-26-13-7-6-12-25(26)29(36)32-18-8-1-2-9-19-32/h3-7,10-17,30H,1-2,8-9,18-21H2,(H,31,35)/t30-/m0/s1. The molecule has 2 fully saturated rings. The van der Waals surface area contributed by atoms with E-state index in [0.717, 1.165) is 49.9 Å². The highest BCUT2D eigenvalue weighted by molar-refractivity contribution is 8.00. The summed E-state index contributed by atoms with van der Waals surface area (Å²) in [5.41, 5.74) is 3.63. The molecule has 0 aliphatic carbocycles. The van der Waals surface area contributed by atoms with Gasteiger partial charge in [0.1, 0.15) is 5.37 Å². The quantitative estimate of drug-likeness (QED) is 0.457. The summed E-state index contributed by atoms with van der Waals surface area (Å²) in [6.07, 6.45) is 4.33. The number of likely N-dealkylation sites (tertiary alicyclic amines) is 1. The molecule has 2 aliphatic rings. The van der Waals surface area contributed by atoms with E-state index in [1.165, 1.54) is 0 Å². The molecule has 3 aromatic rings. The molecule has 37 heavy (non-hydrogen) atoms. The van der Waals surface area contributed by atoms with Crippen LogP contribution in [0.3, 0.4) is 0 Å². The molecule has 1 N–H and O–H groups in total. The lowest BCUT2D eigenvalue weighted by molar-refractivity contribution is -0.128. The van der Waals surface area contributed by atoms with Crippen LogP contribution in [0.25, 0.3) is 0 Å². The van der Waals surface area contributed by atoms with E-state index in [0.29, 0.717) is 29.1 Å². The number of carbonyl (C=O) groups is 3. The van der Waals surface area contributed by atoms with Crippen LogP contribution in [0.2, 0.25) is 0 Å². The molecular weight excluding hydrogens is 482 g/mol. The molecule has 6 nitrogen and oxygen atoms in total.